The van der Waals surface area contributed by atoms with E-state index in [1.54, 1.807) is 0 Å². The van der Waals surface area contributed by atoms with Crippen LogP contribution < -0.4 is 0 Å². The zero-order chi connectivity index (χ0) is 14.5. The van der Waals surface area contributed by atoms with E-state index in [1.807, 2.05) is 48.7 Å². The lowest BCUT2D eigenvalue weighted by Gasteiger charge is -2.02. The minimum Gasteiger partial charge on any atom is -0.276 e. The van der Waals surface area contributed by atoms with E-state index in [-0.39, 0.29) is 0 Å². The fourth-order valence-electron chi connectivity index (χ4n) is 3.06. The van der Waals surface area contributed by atoms with E-state index in [9.17, 15) is 0 Å². The molecule has 0 spiro atoms. The van der Waals surface area contributed by atoms with Crippen molar-refractivity contribution in [1.82, 2.24) is 18.9 Å². The Bertz CT molecular complexity index is 1120. The summed E-state index contributed by atoms with van der Waals surface area (Å²) < 4.78 is 4.30. The second kappa shape index (κ2) is 4.18. The number of para-hydroxylation sites is 4. The first-order valence-corrected chi connectivity index (χ1v) is 7.21. The molecule has 104 valence electrons. The number of hydrogen-bond donors (Lipinski definition) is 0. The Labute approximate surface area is 126 Å². The minimum atomic E-state index is 0.879. The van der Waals surface area contributed by atoms with Gasteiger partial charge in [0.2, 0.25) is 5.78 Å². The molecule has 0 N–H and O–H groups in total. The van der Waals surface area contributed by atoms with E-state index < -0.39 is 0 Å². The van der Waals surface area contributed by atoms with Gasteiger partial charge in [-0.25, -0.2) is 9.97 Å². The second-order valence-corrected chi connectivity index (χ2v) is 5.25. The second-order valence-electron chi connectivity index (χ2n) is 5.25. The summed E-state index contributed by atoms with van der Waals surface area (Å²) in [7, 11) is 0. The van der Waals surface area contributed by atoms with Gasteiger partial charge in [0, 0.05) is 6.20 Å². The van der Waals surface area contributed by atoms with Crippen molar-refractivity contribution in [3.63, 3.8) is 0 Å². The van der Waals surface area contributed by atoms with Crippen molar-refractivity contribution in [2.75, 3.05) is 0 Å². The van der Waals surface area contributed by atoms with Crippen LogP contribution in [-0.2, 0) is 0 Å². The number of benzene rings is 2. The molecular formula is C18H12N4. The highest BCUT2D eigenvalue weighted by atomic mass is 15.2. The van der Waals surface area contributed by atoms with Gasteiger partial charge in [0.1, 0.15) is 5.82 Å². The van der Waals surface area contributed by atoms with Crippen LogP contribution in [0.5, 0.6) is 0 Å². The molecule has 0 saturated carbocycles. The molecule has 0 aliphatic heterocycles. The third-order valence-electron chi connectivity index (χ3n) is 3.99. The van der Waals surface area contributed by atoms with Crippen LogP contribution >= 0.6 is 0 Å². The van der Waals surface area contributed by atoms with Gasteiger partial charge in [0.25, 0.3) is 0 Å². The molecule has 4 nitrogen and oxygen atoms in total. The number of aromatic nitrogens is 4. The van der Waals surface area contributed by atoms with Gasteiger partial charge in [-0.05, 0) is 36.4 Å². The molecule has 0 aliphatic carbocycles. The fraction of sp³-hybridized carbons (Fsp3) is 0. The molecule has 0 atom stereocenters. The first-order chi connectivity index (χ1) is 10.9. The lowest BCUT2D eigenvalue weighted by Crippen LogP contribution is -1.97. The van der Waals surface area contributed by atoms with Crippen LogP contribution in [0.4, 0.5) is 0 Å². The first kappa shape index (κ1) is 11.5. The predicted octanol–water partition coefficient (Wildman–Crippen LogP) is 3.83. The SMILES string of the molecule is c1ccc(-n2c3ccccc3n3c4ccccc4nc23)nc1. The van der Waals surface area contributed by atoms with E-state index in [4.69, 9.17) is 4.98 Å². The van der Waals surface area contributed by atoms with Gasteiger partial charge in [0.15, 0.2) is 0 Å². The van der Waals surface area contributed by atoms with E-state index in [0.29, 0.717) is 0 Å². The number of imidazole rings is 2. The maximum absolute atomic E-state index is 4.81. The van der Waals surface area contributed by atoms with Crippen LogP contribution in [-0.4, -0.2) is 18.9 Å². The van der Waals surface area contributed by atoms with E-state index in [1.165, 1.54) is 0 Å². The smallest absolute Gasteiger partial charge is 0.221 e. The zero-order valence-electron chi connectivity index (χ0n) is 11.7. The molecule has 0 unspecified atom stereocenters. The Morgan fingerprint density at radius 1 is 0.682 bits per heavy atom. The van der Waals surface area contributed by atoms with Crippen molar-refractivity contribution < 1.29 is 0 Å². The lowest BCUT2D eigenvalue weighted by atomic mass is 10.3. The summed E-state index contributed by atoms with van der Waals surface area (Å²) >= 11 is 0. The standard InChI is InChI=1S/C18H12N4/c1-2-8-14-13(7-1)20-18-21(14)15-9-3-4-10-16(15)22(18)17-11-5-6-12-19-17/h1-12H. The van der Waals surface area contributed by atoms with Crippen molar-refractivity contribution in [3.8, 4) is 5.82 Å². The minimum absolute atomic E-state index is 0.879. The summed E-state index contributed by atoms with van der Waals surface area (Å²) in [4.78, 5) is 9.32. The van der Waals surface area contributed by atoms with Gasteiger partial charge >= 0.3 is 0 Å². The van der Waals surface area contributed by atoms with E-state index in [0.717, 1.165) is 33.7 Å². The van der Waals surface area contributed by atoms with Crippen LogP contribution in [0.15, 0.2) is 72.9 Å². The van der Waals surface area contributed by atoms with Gasteiger partial charge in [-0.15, -0.1) is 0 Å². The number of hydrogen-bond acceptors (Lipinski definition) is 2. The van der Waals surface area contributed by atoms with Crippen LogP contribution in [0.25, 0.3) is 33.7 Å². The zero-order valence-corrected chi connectivity index (χ0v) is 11.7. The summed E-state index contributed by atoms with van der Waals surface area (Å²) in [5.74, 6) is 1.77. The van der Waals surface area contributed by atoms with Gasteiger partial charge in [0.05, 0.1) is 22.1 Å². The van der Waals surface area contributed by atoms with Crippen LogP contribution in [0, 0.1) is 0 Å². The van der Waals surface area contributed by atoms with Gasteiger partial charge in [-0.1, -0.05) is 30.3 Å². The summed E-state index contributed by atoms with van der Waals surface area (Å²) in [6, 6.07) is 22.5. The highest BCUT2D eigenvalue weighted by Crippen LogP contribution is 2.27. The van der Waals surface area contributed by atoms with Crippen molar-refractivity contribution >= 4 is 27.8 Å². The third kappa shape index (κ3) is 1.41. The lowest BCUT2D eigenvalue weighted by molar-refractivity contribution is 1.04. The number of nitrogens with zero attached hydrogens (tertiary/aromatic N) is 4. The number of pyridine rings is 1. The molecule has 2 aromatic carbocycles. The summed E-state index contributed by atoms with van der Waals surface area (Å²) in [6.45, 7) is 0. The third-order valence-corrected chi connectivity index (χ3v) is 3.99. The normalized spacial score (nSPS) is 11.6. The Morgan fingerprint density at radius 3 is 2.23 bits per heavy atom. The Morgan fingerprint density at radius 2 is 1.41 bits per heavy atom. The van der Waals surface area contributed by atoms with Crippen molar-refractivity contribution in [2.45, 2.75) is 0 Å². The van der Waals surface area contributed by atoms with Crippen molar-refractivity contribution in [3.05, 3.63) is 72.9 Å². The predicted molar refractivity (Wildman–Crippen MR) is 87.3 cm³/mol. The number of rotatable bonds is 1. The van der Waals surface area contributed by atoms with Gasteiger partial charge in [-0.3, -0.25) is 8.97 Å². The van der Waals surface area contributed by atoms with Crippen LogP contribution in [0.1, 0.15) is 0 Å². The summed E-state index contributed by atoms with van der Waals surface area (Å²) in [5.41, 5.74) is 4.35. The topological polar surface area (TPSA) is 35.1 Å². The largest absolute Gasteiger partial charge is 0.276 e. The van der Waals surface area contributed by atoms with Gasteiger partial charge < -0.3 is 0 Å². The van der Waals surface area contributed by atoms with Crippen LogP contribution in [0.2, 0.25) is 0 Å². The molecule has 3 heterocycles. The Kier molecular flexibility index (Phi) is 2.19. The monoisotopic (exact) mass is 284 g/mol. The molecule has 0 fully saturated rings. The fourth-order valence-corrected chi connectivity index (χ4v) is 3.06. The molecule has 5 rings (SSSR count). The van der Waals surface area contributed by atoms with Gasteiger partial charge in [-0.2, -0.15) is 0 Å². The summed E-state index contributed by atoms with van der Waals surface area (Å²) in [5, 5.41) is 0. The van der Waals surface area contributed by atoms with Crippen molar-refractivity contribution in [1.29, 1.82) is 0 Å². The molecule has 3 aromatic heterocycles. The quantitative estimate of drug-likeness (QED) is 0.469. The molecule has 4 heteroatoms. The maximum Gasteiger partial charge on any atom is 0.221 e. The molecule has 0 bridgehead atoms. The molecule has 0 saturated heterocycles. The Hall–Kier alpha value is -3.14. The highest BCUT2D eigenvalue weighted by Gasteiger charge is 2.16. The Balaban J connectivity index is 2.07. The van der Waals surface area contributed by atoms with E-state index >= 15 is 0 Å². The molecule has 0 radical (unpaired) electrons. The maximum atomic E-state index is 4.81. The highest BCUT2D eigenvalue weighted by molar-refractivity contribution is 5.91. The molecule has 5 aromatic rings. The molecule has 22 heavy (non-hydrogen) atoms. The molecular weight excluding hydrogens is 272 g/mol. The van der Waals surface area contributed by atoms with Crippen molar-refractivity contribution in [2.24, 2.45) is 0 Å². The van der Waals surface area contributed by atoms with E-state index in [2.05, 4.69) is 38.2 Å². The average Bonchev–Trinajstić information content (AvgIpc) is 3.10. The van der Waals surface area contributed by atoms with Crippen LogP contribution in [0.3, 0.4) is 0 Å². The molecule has 0 aliphatic rings. The summed E-state index contributed by atoms with van der Waals surface area (Å²) in [6.07, 6.45) is 1.81. The number of fused-ring (bicyclic) bond motifs is 5. The first-order valence-electron chi connectivity index (χ1n) is 7.21. The average molecular weight is 284 g/mol. The molecule has 0 amide bonds.